The number of esters is 1. The number of aromatic nitrogens is 2. The van der Waals surface area contributed by atoms with Crippen molar-refractivity contribution in [2.24, 2.45) is 0 Å². The Bertz CT molecular complexity index is 622. The van der Waals surface area contributed by atoms with Gasteiger partial charge in [0.05, 0.1) is 12.3 Å². The molecule has 0 unspecified atom stereocenters. The predicted molar refractivity (Wildman–Crippen MR) is 76.4 cm³/mol. The zero-order valence-corrected chi connectivity index (χ0v) is 12.3. The van der Waals surface area contributed by atoms with Gasteiger partial charge in [-0.15, -0.1) is 0 Å². The van der Waals surface area contributed by atoms with Crippen molar-refractivity contribution in [3.05, 3.63) is 40.0 Å². The first-order valence-electron chi connectivity index (χ1n) is 5.83. The van der Waals surface area contributed by atoms with Crippen LogP contribution in [0.5, 0.6) is 0 Å². The summed E-state index contributed by atoms with van der Waals surface area (Å²) in [5.74, 6) is -0.0348. The van der Waals surface area contributed by atoms with E-state index in [9.17, 15) is 4.79 Å². The number of hydrogen-bond acceptors (Lipinski definition) is 4. The Morgan fingerprint density at radius 3 is 2.79 bits per heavy atom. The van der Waals surface area contributed by atoms with E-state index < -0.39 is 5.97 Å². The number of ether oxygens (including phenoxy) is 1. The highest BCUT2D eigenvalue weighted by atomic mass is 79.9. The second-order valence-corrected chi connectivity index (χ2v) is 4.80. The second kappa shape index (κ2) is 5.44. The molecule has 0 bridgehead atoms. The third kappa shape index (κ3) is 2.49. The molecule has 0 saturated carbocycles. The van der Waals surface area contributed by atoms with Crippen LogP contribution in [0.2, 0.25) is 0 Å². The van der Waals surface area contributed by atoms with Crippen LogP contribution in [-0.2, 0) is 4.74 Å². The average molecular weight is 324 g/mol. The summed E-state index contributed by atoms with van der Waals surface area (Å²) in [4.78, 5) is 11.8. The Morgan fingerprint density at radius 2 is 2.16 bits per heavy atom. The van der Waals surface area contributed by atoms with Crippen LogP contribution in [0, 0.1) is 6.92 Å². The van der Waals surface area contributed by atoms with Crippen LogP contribution in [0.25, 0.3) is 5.69 Å². The van der Waals surface area contributed by atoms with E-state index in [1.807, 2.05) is 24.3 Å². The van der Waals surface area contributed by atoms with E-state index in [2.05, 4.69) is 21.0 Å². The molecule has 0 aliphatic rings. The predicted octanol–water partition coefficient (Wildman–Crippen LogP) is 2.70. The summed E-state index contributed by atoms with van der Waals surface area (Å²) in [5.41, 5.74) is 7.65. The fourth-order valence-corrected chi connectivity index (χ4v) is 2.16. The van der Waals surface area contributed by atoms with E-state index in [1.165, 1.54) is 4.68 Å². The Morgan fingerprint density at radius 1 is 1.47 bits per heavy atom. The standard InChI is InChI=1S/C13H14BrN3O2/c1-3-19-13(18)11-8(2)12(15)17(16-11)10-7-5-4-6-9(10)14/h4-7H,3,15H2,1-2H3. The molecule has 0 radical (unpaired) electrons. The van der Waals surface area contributed by atoms with Gasteiger partial charge in [0.2, 0.25) is 0 Å². The lowest BCUT2D eigenvalue weighted by atomic mass is 10.2. The molecule has 2 N–H and O–H groups in total. The second-order valence-electron chi connectivity index (χ2n) is 3.94. The van der Waals surface area contributed by atoms with E-state index in [1.54, 1.807) is 13.8 Å². The summed E-state index contributed by atoms with van der Waals surface area (Å²) in [6.07, 6.45) is 0. The molecule has 0 amide bonds. The number of halogens is 1. The highest BCUT2D eigenvalue weighted by Gasteiger charge is 2.20. The van der Waals surface area contributed by atoms with E-state index >= 15 is 0 Å². The normalized spacial score (nSPS) is 10.5. The Hall–Kier alpha value is -1.82. The fourth-order valence-electron chi connectivity index (χ4n) is 1.71. The molecule has 0 spiro atoms. The average Bonchev–Trinajstić information content (AvgIpc) is 2.68. The molecule has 0 saturated heterocycles. The molecular weight excluding hydrogens is 310 g/mol. The van der Waals surface area contributed by atoms with Gasteiger partial charge in [-0.25, -0.2) is 9.48 Å². The van der Waals surface area contributed by atoms with Gasteiger partial charge in [0.1, 0.15) is 5.82 Å². The summed E-state index contributed by atoms with van der Waals surface area (Å²) >= 11 is 3.44. The lowest BCUT2D eigenvalue weighted by molar-refractivity contribution is 0.0518. The topological polar surface area (TPSA) is 70.1 Å². The van der Waals surface area contributed by atoms with Gasteiger partial charge in [-0.1, -0.05) is 12.1 Å². The number of anilines is 1. The molecule has 2 rings (SSSR count). The number of nitrogens with zero attached hydrogens (tertiary/aromatic N) is 2. The quantitative estimate of drug-likeness (QED) is 0.881. The van der Waals surface area contributed by atoms with Crippen LogP contribution in [0.3, 0.4) is 0 Å². The number of nitrogen functional groups attached to an aromatic ring is 1. The summed E-state index contributed by atoms with van der Waals surface area (Å²) < 4.78 is 7.34. The van der Waals surface area contributed by atoms with Crippen LogP contribution in [0.1, 0.15) is 23.0 Å². The van der Waals surface area contributed by atoms with Crippen LogP contribution in [0.4, 0.5) is 5.82 Å². The van der Waals surface area contributed by atoms with Gasteiger partial charge in [0.25, 0.3) is 0 Å². The van der Waals surface area contributed by atoms with Crippen molar-refractivity contribution < 1.29 is 9.53 Å². The van der Waals surface area contributed by atoms with E-state index in [-0.39, 0.29) is 5.69 Å². The largest absolute Gasteiger partial charge is 0.461 e. The van der Waals surface area contributed by atoms with Crippen molar-refractivity contribution in [1.82, 2.24) is 9.78 Å². The number of carbonyl (C=O) groups is 1. The van der Waals surface area contributed by atoms with Crippen molar-refractivity contribution >= 4 is 27.7 Å². The maximum atomic E-state index is 11.8. The van der Waals surface area contributed by atoms with Crippen molar-refractivity contribution in [3.8, 4) is 5.69 Å². The fraction of sp³-hybridized carbons (Fsp3) is 0.231. The lowest BCUT2D eigenvalue weighted by Gasteiger charge is -2.05. The molecule has 0 aliphatic heterocycles. The minimum atomic E-state index is -0.461. The van der Waals surface area contributed by atoms with E-state index in [0.717, 1.165) is 10.2 Å². The Kier molecular flexibility index (Phi) is 3.90. The number of rotatable bonds is 3. The van der Waals surface area contributed by atoms with Gasteiger partial charge in [0.15, 0.2) is 5.69 Å². The molecule has 0 aliphatic carbocycles. The molecule has 2 aromatic rings. The van der Waals surface area contributed by atoms with Gasteiger partial charge in [-0.2, -0.15) is 5.10 Å². The molecule has 19 heavy (non-hydrogen) atoms. The molecule has 1 aromatic carbocycles. The van der Waals surface area contributed by atoms with E-state index in [0.29, 0.717) is 18.0 Å². The molecule has 1 heterocycles. The third-order valence-corrected chi connectivity index (χ3v) is 3.39. The smallest absolute Gasteiger partial charge is 0.359 e. The molecule has 1 aromatic heterocycles. The SMILES string of the molecule is CCOC(=O)c1nn(-c2ccccc2Br)c(N)c1C. The van der Waals surface area contributed by atoms with Gasteiger partial charge in [-0.05, 0) is 41.9 Å². The zero-order chi connectivity index (χ0) is 14.0. The number of para-hydroxylation sites is 1. The molecular formula is C13H14BrN3O2. The first-order chi connectivity index (χ1) is 9.06. The van der Waals surface area contributed by atoms with Crippen molar-refractivity contribution in [2.75, 3.05) is 12.3 Å². The van der Waals surface area contributed by atoms with Crippen LogP contribution >= 0.6 is 15.9 Å². The summed E-state index contributed by atoms with van der Waals surface area (Å²) in [6.45, 7) is 3.81. The maximum absolute atomic E-state index is 11.8. The molecule has 5 nitrogen and oxygen atoms in total. The van der Waals surface area contributed by atoms with Gasteiger partial charge < -0.3 is 10.5 Å². The molecule has 100 valence electrons. The molecule has 0 atom stereocenters. The minimum Gasteiger partial charge on any atom is -0.461 e. The van der Waals surface area contributed by atoms with Crippen LogP contribution in [-0.4, -0.2) is 22.4 Å². The van der Waals surface area contributed by atoms with Crippen molar-refractivity contribution in [3.63, 3.8) is 0 Å². The first-order valence-corrected chi connectivity index (χ1v) is 6.62. The van der Waals surface area contributed by atoms with Gasteiger partial charge >= 0.3 is 5.97 Å². The highest BCUT2D eigenvalue weighted by Crippen LogP contribution is 2.26. The highest BCUT2D eigenvalue weighted by molar-refractivity contribution is 9.10. The minimum absolute atomic E-state index is 0.245. The van der Waals surface area contributed by atoms with Crippen molar-refractivity contribution in [1.29, 1.82) is 0 Å². The number of carbonyl (C=O) groups excluding carboxylic acids is 1. The van der Waals surface area contributed by atoms with Crippen molar-refractivity contribution in [2.45, 2.75) is 13.8 Å². The molecule has 6 heteroatoms. The third-order valence-electron chi connectivity index (χ3n) is 2.72. The van der Waals surface area contributed by atoms with Crippen LogP contribution in [0.15, 0.2) is 28.7 Å². The monoisotopic (exact) mass is 323 g/mol. The Labute approximate surface area is 119 Å². The summed E-state index contributed by atoms with van der Waals surface area (Å²) in [5, 5.41) is 4.25. The summed E-state index contributed by atoms with van der Waals surface area (Å²) in [7, 11) is 0. The van der Waals surface area contributed by atoms with Gasteiger partial charge in [0, 0.05) is 10.0 Å². The van der Waals surface area contributed by atoms with Crippen LogP contribution < -0.4 is 5.73 Å². The Balaban J connectivity index is 2.52. The number of benzene rings is 1. The van der Waals surface area contributed by atoms with Gasteiger partial charge in [-0.3, -0.25) is 0 Å². The first kappa shape index (κ1) is 13.6. The zero-order valence-electron chi connectivity index (χ0n) is 10.7. The van der Waals surface area contributed by atoms with E-state index in [4.69, 9.17) is 10.5 Å². The summed E-state index contributed by atoms with van der Waals surface area (Å²) in [6, 6.07) is 7.52. The lowest BCUT2D eigenvalue weighted by Crippen LogP contribution is -2.08. The number of hydrogen-bond donors (Lipinski definition) is 1. The number of nitrogens with two attached hydrogens (primary N) is 1. The molecule has 0 fully saturated rings. The maximum Gasteiger partial charge on any atom is 0.359 e.